The minimum absolute atomic E-state index is 0.00392. The van der Waals surface area contributed by atoms with Gasteiger partial charge in [0.1, 0.15) is 23.5 Å². The number of rotatable bonds is 6. The van der Waals surface area contributed by atoms with Crippen molar-refractivity contribution < 1.29 is 26.4 Å². The summed E-state index contributed by atoms with van der Waals surface area (Å²) < 4.78 is 65.9. The summed E-state index contributed by atoms with van der Waals surface area (Å²) in [7, 11) is -4.03. The molecule has 140 valence electrons. The molecule has 2 aromatic carbocycles. The Kier molecular flexibility index (Phi) is 5.91. The van der Waals surface area contributed by atoms with Crippen molar-refractivity contribution in [3.63, 3.8) is 0 Å². The second-order valence-corrected chi connectivity index (χ2v) is 7.41. The smallest absolute Gasteiger partial charge is 0.248 e. The quantitative estimate of drug-likeness (QED) is 0.829. The average molecular weight is 386 g/mol. The number of hydrogen-bond donors (Lipinski definition) is 1. The normalized spacial score (nSPS) is 12.5. The third kappa shape index (κ3) is 4.34. The third-order valence-electron chi connectivity index (χ3n) is 3.61. The van der Waals surface area contributed by atoms with Crippen molar-refractivity contribution in [2.24, 2.45) is 0 Å². The van der Waals surface area contributed by atoms with Crippen molar-refractivity contribution in [3.05, 3.63) is 59.9 Å². The van der Waals surface area contributed by atoms with Crippen LogP contribution in [-0.2, 0) is 14.8 Å². The van der Waals surface area contributed by atoms with E-state index in [9.17, 15) is 26.4 Å². The van der Waals surface area contributed by atoms with E-state index in [0.717, 1.165) is 24.5 Å². The van der Waals surface area contributed by atoms with Crippen LogP contribution in [0.1, 0.15) is 13.3 Å². The molecule has 26 heavy (non-hydrogen) atoms. The lowest BCUT2D eigenvalue weighted by molar-refractivity contribution is -0.117. The molecule has 0 radical (unpaired) electrons. The Labute approximate surface area is 149 Å². The van der Waals surface area contributed by atoms with E-state index in [1.807, 2.05) is 0 Å². The average Bonchev–Trinajstić information content (AvgIpc) is 2.55. The zero-order valence-corrected chi connectivity index (χ0v) is 14.9. The molecule has 2 aromatic rings. The minimum atomic E-state index is -4.03. The maximum Gasteiger partial charge on any atom is 0.248 e. The number of amides is 1. The molecule has 5 nitrogen and oxygen atoms in total. The van der Waals surface area contributed by atoms with Gasteiger partial charge in [-0.2, -0.15) is 0 Å². The molecule has 0 heterocycles. The monoisotopic (exact) mass is 386 g/mol. The second kappa shape index (κ2) is 7.77. The van der Waals surface area contributed by atoms with Gasteiger partial charge < -0.3 is 5.32 Å². The molecule has 0 aliphatic carbocycles. The van der Waals surface area contributed by atoms with Crippen LogP contribution in [0.15, 0.2) is 42.5 Å². The number of benzene rings is 2. The highest BCUT2D eigenvalue weighted by Gasteiger charge is 2.33. The molecule has 9 heteroatoms. The number of hydrogen-bond acceptors (Lipinski definition) is 3. The number of nitrogens with zero attached hydrogens (tertiary/aromatic N) is 1. The molecule has 0 unspecified atom stereocenters. The van der Waals surface area contributed by atoms with E-state index in [2.05, 4.69) is 5.32 Å². The molecule has 0 aliphatic rings. The molecule has 0 bridgehead atoms. The van der Waals surface area contributed by atoms with Gasteiger partial charge in [-0.1, -0.05) is 19.1 Å². The Balaban J connectivity index is 2.42. The summed E-state index contributed by atoms with van der Waals surface area (Å²) in [5, 5.41) is 2.22. The van der Waals surface area contributed by atoms with Gasteiger partial charge in [-0.15, -0.1) is 0 Å². The first-order chi connectivity index (χ1) is 12.1. The van der Waals surface area contributed by atoms with Gasteiger partial charge >= 0.3 is 0 Å². The molecular weight excluding hydrogens is 369 g/mol. The predicted octanol–water partition coefficient (Wildman–Crippen LogP) is 3.29. The van der Waals surface area contributed by atoms with Gasteiger partial charge in [0.05, 0.1) is 17.6 Å². The molecule has 0 fully saturated rings. The van der Waals surface area contributed by atoms with Crippen molar-refractivity contribution in [2.45, 2.75) is 19.4 Å². The Morgan fingerprint density at radius 2 is 1.77 bits per heavy atom. The van der Waals surface area contributed by atoms with Gasteiger partial charge in [-0.05, 0) is 30.7 Å². The van der Waals surface area contributed by atoms with E-state index in [1.165, 1.54) is 25.1 Å². The van der Waals surface area contributed by atoms with Gasteiger partial charge in [0.2, 0.25) is 15.9 Å². The summed E-state index contributed by atoms with van der Waals surface area (Å²) >= 11 is 0. The molecule has 0 saturated heterocycles. The molecule has 0 saturated carbocycles. The van der Waals surface area contributed by atoms with E-state index >= 15 is 0 Å². The summed E-state index contributed by atoms with van der Waals surface area (Å²) in [6.45, 7) is 1.53. The van der Waals surface area contributed by atoms with Crippen LogP contribution in [0.25, 0.3) is 0 Å². The van der Waals surface area contributed by atoms with E-state index in [4.69, 9.17) is 0 Å². The van der Waals surface area contributed by atoms with Gasteiger partial charge in [0, 0.05) is 6.07 Å². The van der Waals surface area contributed by atoms with Crippen LogP contribution in [0.4, 0.5) is 24.5 Å². The molecule has 2 rings (SSSR count). The zero-order valence-electron chi connectivity index (χ0n) is 14.0. The fraction of sp³-hybridized carbons (Fsp3) is 0.235. The number of sulfonamides is 1. The largest absolute Gasteiger partial charge is 0.322 e. The van der Waals surface area contributed by atoms with Crippen LogP contribution in [-0.4, -0.2) is 26.6 Å². The standard InChI is InChI=1S/C17H17F3N2O3S/c1-3-15(17(23)21-14-9-8-11(18)10-13(14)20)22(26(2,24)25)16-7-5-4-6-12(16)19/h4-10,15H,3H2,1-2H3,(H,21,23)/t15-/m0/s1. The third-order valence-corrected chi connectivity index (χ3v) is 4.77. The molecule has 0 aromatic heterocycles. The van der Waals surface area contributed by atoms with Crippen molar-refractivity contribution in [1.82, 2.24) is 0 Å². The highest BCUT2D eigenvalue weighted by molar-refractivity contribution is 7.92. The van der Waals surface area contributed by atoms with Gasteiger partial charge in [-0.25, -0.2) is 21.6 Å². The fourth-order valence-electron chi connectivity index (χ4n) is 2.47. The van der Waals surface area contributed by atoms with E-state index < -0.39 is 39.4 Å². The Bertz CT molecular complexity index is 919. The summed E-state index contributed by atoms with van der Waals surface area (Å²) in [5.74, 6) is -3.52. The predicted molar refractivity (Wildman–Crippen MR) is 92.8 cm³/mol. The number of halogens is 3. The maximum absolute atomic E-state index is 14.1. The first-order valence-corrected chi connectivity index (χ1v) is 9.49. The molecule has 1 N–H and O–H groups in total. The maximum atomic E-state index is 14.1. The van der Waals surface area contributed by atoms with Crippen molar-refractivity contribution in [2.75, 3.05) is 15.9 Å². The lowest BCUT2D eigenvalue weighted by atomic mass is 10.1. The van der Waals surface area contributed by atoms with Crippen LogP contribution in [0.3, 0.4) is 0 Å². The highest BCUT2D eigenvalue weighted by Crippen LogP contribution is 2.26. The van der Waals surface area contributed by atoms with E-state index in [1.54, 1.807) is 0 Å². The Hall–Kier alpha value is -2.55. The topological polar surface area (TPSA) is 66.5 Å². The van der Waals surface area contributed by atoms with Gasteiger partial charge in [0.15, 0.2) is 0 Å². The van der Waals surface area contributed by atoms with Gasteiger partial charge in [-0.3, -0.25) is 9.10 Å². The Morgan fingerprint density at radius 3 is 2.31 bits per heavy atom. The van der Waals surface area contributed by atoms with Crippen molar-refractivity contribution >= 4 is 27.3 Å². The van der Waals surface area contributed by atoms with Crippen LogP contribution in [0.5, 0.6) is 0 Å². The first-order valence-electron chi connectivity index (χ1n) is 7.65. The van der Waals surface area contributed by atoms with Crippen LogP contribution in [0, 0.1) is 17.5 Å². The summed E-state index contributed by atoms with van der Waals surface area (Å²) in [6.07, 6.45) is 0.837. The second-order valence-electron chi connectivity index (χ2n) is 5.55. The lowest BCUT2D eigenvalue weighted by Crippen LogP contribution is -2.47. The fourth-order valence-corrected chi connectivity index (χ4v) is 3.69. The number of para-hydroxylation sites is 1. The van der Waals surface area contributed by atoms with E-state index in [-0.39, 0.29) is 17.8 Å². The molecule has 1 atom stereocenters. The van der Waals surface area contributed by atoms with E-state index in [0.29, 0.717) is 10.4 Å². The number of anilines is 2. The number of carbonyl (C=O) groups excluding carboxylic acids is 1. The van der Waals surface area contributed by atoms with Gasteiger partial charge in [0.25, 0.3) is 0 Å². The number of carbonyl (C=O) groups is 1. The first kappa shape index (κ1) is 19.8. The summed E-state index contributed by atoms with van der Waals surface area (Å²) in [5.41, 5.74) is -0.603. The molecule has 0 aliphatic heterocycles. The lowest BCUT2D eigenvalue weighted by Gasteiger charge is -2.30. The van der Waals surface area contributed by atoms with Crippen molar-refractivity contribution in [3.8, 4) is 0 Å². The van der Waals surface area contributed by atoms with Crippen LogP contribution < -0.4 is 9.62 Å². The van der Waals surface area contributed by atoms with Crippen LogP contribution in [0.2, 0.25) is 0 Å². The Morgan fingerprint density at radius 1 is 1.12 bits per heavy atom. The summed E-state index contributed by atoms with van der Waals surface area (Å²) in [4.78, 5) is 12.6. The highest BCUT2D eigenvalue weighted by atomic mass is 32.2. The molecule has 0 spiro atoms. The SMILES string of the molecule is CC[C@@H](C(=O)Nc1ccc(F)cc1F)N(c1ccccc1F)S(C)(=O)=O. The summed E-state index contributed by atoms with van der Waals surface area (Å²) in [6, 6.07) is 6.33. The number of nitrogens with one attached hydrogen (secondary N) is 1. The minimum Gasteiger partial charge on any atom is -0.322 e. The van der Waals surface area contributed by atoms with Crippen LogP contribution >= 0.6 is 0 Å². The zero-order chi connectivity index (χ0) is 19.5. The van der Waals surface area contributed by atoms with Crippen molar-refractivity contribution in [1.29, 1.82) is 0 Å². The molecular formula is C17H17F3N2O3S. The molecule has 1 amide bonds.